The summed E-state index contributed by atoms with van der Waals surface area (Å²) in [5.41, 5.74) is -2.16. The molecule has 0 radical (unpaired) electrons. The molecule has 0 unspecified atom stereocenters. The minimum atomic E-state index is -5.16. The molecule has 4 nitrogen and oxygen atoms in total. The molecule has 0 amide bonds. The third-order valence-corrected chi connectivity index (χ3v) is 13.1. The van der Waals surface area contributed by atoms with Gasteiger partial charge in [-0.3, -0.25) is 0 Å². The van der Waals surface area contributed by atoms with Crippen molar-refractivity contribution in [3.8, 4) is 62.2 Å². The van der Waals surface area contributed by atoms with Crippen molar-refractivity contribution < 1.29 is 52.7 Å². The fraction of sp³-hybridized carbons (Fsp3) is 0.0690. The Morgan fingerprint density at radius 2 is 0.770 bits per heavy atom. The van der Waals surface area contributed by atoms with E-state index in [-0.39, 0.29) is 40.2 Å². The van der Waals surface area contributed by atoms with E-state index >= 15 is 0 Å². The molecule has 8 aromatic carbocycles. The number of nitrogens with zero attached hydrogens (tertiary/aromatic N) is 4. The average Bonchev–Trinajstić information content (AvgIpc) is 3.89. The maximum absolute atomic E-state index is 14.5. The van der Waals surface area contributed by atoms with Crippen molar-refractivity contribution in [2.24, 2.45) is 0 Å². The molecule has 3 aromatic heterocycles. The molecule has 0 fully saturated rings. The van der Waals surface area contributed by atoms with E-state index in [2.05, 4.69) is 6.07 Å². The molecular formula is C58H30F12N4. The Labute approximate surface area is 411 Å². The smallest absolute Gasteiger partial charge is 0.308 e. The Hall–Kier alpha value is -8.84. The molecule has 0 aliphatic rings. The molecule has 16 heteroatoms. The first-order valence-electron chi connectivity index (χ1n) is 22.4. The summed E-state index contributed by atoms with van der Waals surface area (Å²) in [7, 11) is 0. The summed E-state index contributed by atoms with van der Waals surface area (Å²) in [5, 5.41) is 13.3. The Bertz CT molecular complexity index is 3880. The third kappa shape index (κ3) is 8.14. The largest absolute Gasteiger partial charge is 0.417 e. The van der Waals surface area contributed by atoms with E-state index in [0.717, 1.165) is 17.7 Å². The SMILES string of the molecule is N#Cc1c(-n2c3ccccc3c3cc(-c4ccc(C(F)(F)F)cc4C(F)(F)F)ccc32)cc(-c2cccc(-c3ccccc3)n2)cc1-n1c2ccccc2c2cc(-c3ccc(C(F)(F)F)cc3C(F)(F)F)ccc21. The number of rotatable bonds is 6. The zero-order valence-corrected chi connectivity index (χ0v) is 37.6. The predicted octanol–water partition coefficient (Wildman–Crippen LogP) is 17.9. The summed E-state index contributed by atoms with van der Waals surface area (Å²) in [4.78, 5) is 5.03. The van der Waals surface area contributed by atoms with Crippen LogP contribution in [0, 0.1) is 11.3 Å². The molecule has 11 rings (SSSR count). The molecule has 0 atom stereocenters. The second-order valence-corrected chi connectivity index (χ2v) is 17.5. The van der Waals surface area contributed by atoms with Crippen LogP contribution in [0.25, 0.3) is 99.8 Å². The maximum Gasteiger partial charge on any atom is 0.417 e. The number of hydrogen-bond donors (Lipinski definition) is 0. The van der Waals surface area contributed by atoms with Gasteiger partial charge in [-0.25, -0.2) is 4.98 Å². The number of aromatic nitrogens is 3. The summed E-state index contributed by atoms with van der Waals surface area (Å²) >= 11 is 0. The number of para-hydroxylation sites is 2. The van der Waals surface area contributed by atoms with Crippen molar-refractivity contribution in [3.05, 3.63) is 210 Å². The first-order chi connectivity index (χ1) is 35.2. The van der Waals surface area contributed by atoms with Gasteiger partial charge in [0.2, 0.25) is 0 Å². The van der Waals surface area contributed by atoms with E-state index in [1.54, 1.807) is 81.9 Å². The highest BCUT2D eigenvalue weighted by Gasteiger charge is 2.40. The summed E-state index contributed by atoms with van der Waals surface area (Å²) in [6.45, 7) is 0. The third-order valence-electron chi connectivity index (χ3n) is 13.1. The van der Waals surface area contributed by atoms with Crippen LogP contribution in [-0.2, 0) is 24.7 Å². The van der Waals surface area contributed by atoms with Crippen LogP contribution >= 0.6 is 0 Å². The monoisotopic (exact) mass is 1010 g/mol. The lowest BCUT2D eigenvalue weighted by atomic mass is 9.95. The van der Waals surface area contributed by atoms with Crippen molar-refractivity contribution >= 4 is 43.6 Å². The van der Waals surface area contributed by atoms with E-state index in [1.807, 2.05) is 36.4 Å². The maximum atomic E-state index is 14.5. The molecule has 366 valence electrons. The van der Waals surface area contributed by atoms with Gasteiger partial charge in [0.25, 0.3) is 0 Å². The van der Waals surface area contributed by atoms with Gasteiger partial charge in [0.05, 0.1) is 67.1 Å². The van der Waals surface area contributed by atoms with Crippen molar-refractivity contribution in [2.45, 2.75) is 24.7 Å². The molecule has 3 heterocycles. The van der Waals surface area contributed by atoms with E-state index in [1.165, 1.54) is 36.4 Å². The Kier molecular flexibility index (Phi) is 11.0. The van der Waals surface area contributed by atoms with Gasteiger partial charge in [0.15, 0.2) is 0 Å². The van der Waals surface area contributed by atoms with Crippen molar-refractivity contribution in [3.63, 3.8) is 0 Å². The number of benzene rings is 8. The minimum absolute atomic E-state index is 0.0263. The van der Waals surface area contributed by atoms with Gasteiger partial charge >= 0.3 is 24.7 Å². The van der Waals surface area contributed by atoms with Gasteiger partial charge in [-0.05, 0) is 107 Å². The Balaban J connectivity index is 1.19. The Morgan fingerprint density at radius 3 is 1.20 bits per heavy atom. The first-order valence-corrected chi connectivity index (χ1v) is 22.4. The van der Waals surface area contributed by atoms with Gasteiger partial charge in [0, 0.05) is 32.7 Å². The first kappa shape index (κ1) is 47.5. The lowest BCUT2D eigenvalue weighted by molar-refractivity contribution is -0.144. The van der Waals surface area contributed by atoms with Gasteiger partial charge in [-0.15, -0.1) is 0 Å². The number of hydrogen-bond acceptors (Lipinski definition) is 2. The molecule has 0 saturated heterocycles. The van der Waals surface area contributed by atoms with Crippen LogP contribution in [0.2, 0.25) is 0 Å². The normalized spacial score (nSPS) is 12.6. The van der Waals surface area contributed by atoms with Crippen LogP contribution in [0.3, 0.4) is 0 Å². The zero-order chi connectivity index (χ0) is 52.1. The van der Waals surface area contributed by atoms with E-state index in [0.29, 0.717) is 72.7 Å². The second-order valence-electron chi connectivity index (χ2n) is 17.5. The summed E-state index contributed by atoms with van der Waals surface area (Å²) in [6, 6.07) is 46.0. The van der Waals surface area contributed by atoms with Crippen LogP contribution in [0.1, 0.15) is 27.8 Å². The summed E-state index contributed by atoms with van der Waals surface area (Å²) in [5.74, 6) is 0. The topological polar surface area (TPSA) is 46.5 Å². The molecule has 0 saturated carbocycles. The Morgan fingerprint density at radius 1 is 0.351 bits per heavy atom. The van der Waals surface area contributed by atoms with Crippen molar-refractivity contribution in [2.75, 3.05) is 0 Å². The van der Waals surface area contributed by atoms with Crippen LogP contribution in [0.5, 0.6) is 0 Å². The molecular weight excluding hydrogens is 981 g/mol. The highest BCUT2D eigenvalue weighted by molar-refractivity contribution is 6.12. The molecule has 0 N–H and O–H groups in total. The number of nitriles is 1. The van der Waals surface area contributed by atoms with Gasteiger partial charge in [-0.1, -0.05) is 97.1 Å². The van der Waals surface area contributed by atoms with Crippen LogP contribution in [0.4, 0.5) is 52.7 Å². The molecule has 0 aliphatic heterocycles. The number of halogens is 12. The summed E-state index contributed by atoms with van der Waals surface area (Å²) < 4.78 is 173. The van der Waals surface area contributed by atoms with Gasteiger partial charge in [-0.2, -0.15) is 57.9 Å². The highest BCUT2D eigenvalue weighted by atomic mass is 19.4. The highest BCUT2D eigenvalue weighted by Crippen LogP contribution is 2.46. The molecule has 0 aliphatic carbocycles. The molecule has 11 aromatic rings. The molecule has 0 spiro atoms. The molecule has 74 heavy (non-hydrogen) atoms. The molecule has 0 bridgehead atoms. The van der Waals surface area contributed by atoms with Crippen molar-refractivity contribution in [1.29, 1.82) is 5.26 Å². The van der Waals surface area contributed by atoms with E-state index in [9.17, 15) is 57.9 Å². The fourth-order valence-electron chi connectivity index (χ4n) is 9.81. The zero-order valence-electron chi connectivity index (χ0n) is 37.6. The summed E-state index contributed by atoms with van der Waals surface area (Å²) in [6.07, 6.45) is -20.4. The van der Waals surface area contributed by atoms with E-state index < -0.39 is 58.1 Å². The minimum Gasteiger partial charge on any atom is -0.308 e. The lowest BCUT2D eigenvalue weighted by Crippen LogP contribution is -2.12. The number of alkyl halides is 12. The van der Waals surface area contributed by atoms with Crippen molar-refractivity contribution in [1.82, 2.24) is 14.1 Å². The number of fused-ring (bicyclic) bond motifs is 6. The van der Waals surface area contributed by atoms with E-state index in [4.69, 9.17) is 4.98 Å². The standard InChI is InChI=1S/C58H30F12N4/c59-55(60,61)36-19-21-38(45(29-36)57(65,66)67)33-17-23-51-42(25-33)40-11-4-6-15-49(40)73(51)53-27-35(48-14-8-13-47(72-48)32-9-2-1-3-10-32)28-54(44(53)31-71)74-50-16-7-5-12-41(50)43-26-34(18-24-52(43)74)39-22-20-37(56(62,63)64)30-46(39)58(68,69)70/h1-30H. The van der Waals surface area contributed by atoms with Crippen LogP contribution in [-0.4, -0.2) is 14.1 Å². The van der Waals surface area contributed by atoms with Crippen LogP contribution in [0.15, 0.2) is 182 Å². The van der Waals surface area contributed by atoms with Gasteiger partial charge < -0.3 is 9.13 Å². The lowest BCUT2D eigenvalue weighted by Gasteiger charge is -2.19. The predicted molar refractivity (Wildman–Crippen MR) is 259 cm³/mol. The van der Waals surface area contributed by atoms with Gasteiger partial charge in [0.1, 0.15) is 11.6 Å². The van der Waals surface area contributed by atoms with Crippen LogP contribution < -0.4 is 0 Å². The average molecular weight is 1010 g/mol. The number of pyridine rings is 1. The fourth-order valence-corrected chi connectivity index (χ4v) is 9.81. The quantitative estimate of drug-likeness (QED) is 0.156. The second kappa shape index (κ2) is 17.2.